The number of rotatable bonds is 6. The van der Waals surface area contributed by atoms with Crippen LogP contribution in [0.5, 0.6) is 0 Å². The summed E-state index contributed by atoms with van der Waals surface area (Å²) in [7, 11) is -3.88. The molecule has 0 fully saturated rings. The molecule has 0 saturated carbocycles. The average molecular weight is 453 g/mol. The minimum atomic E-state index is -3.88. The Morgan fingerprint density at radius 1 is 1.00 bits per heavy atom. The van der Waals surface area contributed by atoms with E-state index in [0.717, 1.165) is 16.5 Å². The third kappa shape index (κ3) is 4.76. The number of aromatic nitrogens is 1. The summed E-state index contributed by atoms with van der Waals surface area (Å²) in [5, 5.41) is 5.46. The molecule has 4 aromatic rings. The van der Waals surface area contributed by atoms with Crippen molar-refractivity contribution in [1.82, 2.24) is 10.4 Å². The van der Waals surface area contributed by atoms with Gasteiger partial charge in [-0.05, 0) is 48.5 Å². The summed E-state index contributed by atoms with van der Waals surface area (Å²) in [6, 6.07) is 19.7. The highest BCUT2D eigenvalue weighted by molar-refractivity contribution is 7.92. The molecule has 156 valence electrons. The van der Waals surface area contributed by atoms with E-state index in [2.05, 4.69) is 20.2 Å². The molecule has 7 nitrogen and oxygen atoms in total. The zero-order chi connectivity index (χ0) is 21.8. The molecule has 0 radical (unpaired) electrons. The van der Waals surface area contributed by atoms with Gasteiger partial charge in [-0.25, -0.2) is 13.8 Å². The molecule has 0 saturated heterocycles. The number of carbonyl (C=O) groups excluding carboxylic acids is 1. The molecule has 0 aliphatic carbocycles. The highest BCUT2D eigenvalue weighted by Gasteiger charge is 2.16. The first-order valence-corrected chi connectivity index (χ1v) is 11.1. The molecule has 4 rings (SSSR count). The van der Waals surface area contributed by atoms with Crippen LogP contribution in [0.3, 0.4) is 0 Å². The Morgan fingerprint density at radius 3 is 2.58 bits per heavy atom. The number of hydrogen-bond donors (Lipinski definition) is 3. The van der Waals surface area contributed by atoms with Crippen molar-refractivity contribution >= 4 is 50.3 Å². The molecule has 31 heavy (non-hydrogen) atoms. The quantitative estimate of drug-likeness (QED) is 0.298. The number of para-hydroxylation sites is 1. The van der Waals surface area contributed by atoms with Crippen LogP contribution in [0.4, 0.5) is 5.69 Å². The van der Waals surface area contributed by atoms with Gasteiger partial charge in [-0.15, -0.1) is 0 Å². The van der Waals surface area contributed by atoms with Gasteiger partial charge in [-0.1, -0.05) is 35.9 Å². The smallest absolute Gasteiger partial charge is 0.271 e. The van der Waals surface area contributed by atoms with E-state index in [1.165, 1.54) is 30.5 Å². The van der Waals surface area contributed by atoms with E-state index in [0.29, 0.717) is 10.7 Å². The number of carbonyl (C=O) groups is 1. The van der Waals surface area contributed by atoms with Crippen LogP contribution >= 0.6 is 11.6 Å². The molecule has 9 heteroatoms. The van der Waals surface area contributed by atoms with Crippen LogP contribution in [0.25, 0.3) is 10.9 Å². The van der Waals surface area contributed by atoms with E-state index in [1.54, 1.807) is 30.5 Å². The van der Waals surface area contributed by atoms with Crippen molar-refractivity contribution in [2.24, 2.45) is 5.10 Å². The van der Waals surface area contributed by atoms with Crippen LogP contribution in [-0.2, 0) is 10.0 Å². The van der Waals surface area contributed by atoms with Crippen molar-refractivity contribution in [3.8, 4) is 0 Å². The van der Waals surface area contributed by atoms with E-state index in [-0.39, 0.29) is 10.5 Å². The summed E-state index contributed by atoms with van der Waals surface area (Å²) in [5.74, 6) is -0.528. The predicted octanol–water partition coefficient (Wildman–Crippen LogP) is 4.39. The predicted molar refractivity (Wildman–Crippen MR) is 122 cm³/mol. The van der Waals surface area contributed by atoms with Gasteiger partial charge in [-0.3, -0.25) is 9.52 Å². The van der Waals surface area contributed by atoms with Crippen molar-refractivity contribution in [2.75, 3.05) is 4.72 Å². The number of fused-ring (bicyclic) bond motifs is 1. The number of sulfonamides is 1. The van der Waals surface area contributed by atoms with E-state index < -0.39 is 15.9 Å². The van der Waals surface area contributed by atoms with Crippen LogP contribution in [0.2, 0.25) is 5.02 Å². The van der Waals surface area contributed by atoms with Crippen molar-refractivity contribution in [1.29, 1.82) is 0 Å². The van der Waals surface area contributed by atoms with Crippen LogP contribution in [0, 0.1) is 0 Å². The van der Waals surface area contributed by atoms with Crippen molar-refractivity contribution < 1.29 is 13.2 Å². The van der Waals surface area contributed by atoms with Gasteiger partial charge in [-0.2, -0.15) is 5.10 Å². The third-order valence-corrected chi connectivity index (χ3v) is 6.12. The molecule has 1 amide bonds. The maximum Gasteiger partial charge on any atom is 0.271 e. The van der Waals surface area contributed by atoms with Gasteiger partial charge in [0.15, 0.2) is 0 Å². The van der Waals surface area contributed by atoms with Crippen molar-refractivity contribution in [3.05, 3.63) is 95.1 Å². The van der Waals surface area contributed by atoms with Gasteiger partial charge >= 0.3 is 0 Å². The molecule has 0 aliphatic rings. The number of benzene rings is 3. The normalized spacial score (nSPS) is 11.6. The lowest BCUT2D eigenvalue weighted by atomic mass is 10.2. The zero-order valence-electron chi connectivity index (χ0n) is 16.0. The number of H-pyrrole nitrogens is 1. The third-order valence-electron chi connectivity index (χ3n) is 4.49. The number of halogens is 1. The number of nitrogens with zero attached hydrogens (tertiary/aromatic N) is 1. The largest absolute Gasteiger partial charge is 0.361 e. The van der Waals surface area contributed by atoms with Gasteiger partial charge in [0.1, 0.15) is 0 Å². The van der Waals surface area contributed by atoms with Crippen LogP contribution in [-0.4, -0.2) is 25.5 Å². The highest BCUT2D eigenvalue weighted by atomic mass is 35.5. The Morgan fingerprint density at radius 2 is 1.77 bits per heavy atom. The second kappa shape index (κ2) is 8.63. The maximum absolute atomic E-state index is 12.6. The molecule has 1 heterocycles. The standard InChI is InChI=1S/C22H17ClN4O3S/c23-17-8-10-18(11-9-17)27-31(29,30)19-5-3-4-15(12-19)22(28)26-25-14-16-13-24-21-7-2-1-6-20(16)21/h1-14,24,27H,(H,26,28)/b25-14+. The monoisotopic (exact) mass is 452 g/mol. The van der Waals surface area contributed by atoms with Crippen molar-refractivity contribution in [2.45, 2.75) is 4.90 Å². The fourth-order valence-electron chi connectivity index (χ4n) is 2.96. The summed E-state index contributed by atoms with van der Waals surface area (Å²) < 4.78 is 27.7. The molecule has 0 bridgehead atoms. The number of hydrazone groups is 1. The molecule has 0 aliphatic heterocycles. The molecule has 3 aromatic carbocycles. The van der Waals surface area contributed by atoms with Crippen LogP contribution < -0.4 is 10.1 Å². The molecule has 0 unspecified atom stereocenters. The first kappa shape index (κ1) is 20.6. The molecule has 1 aromatic heterocycles. The number of anilines is 1. The Balaban J connectivity index is 1.48. The average Bonchev–Trinajstić information content (AvgIpc) is 3.18. The molecule has 0 atom stereocenters. The van der Waals surface area contributed by atoms with E-state index in [1.807, 2.05) is 24.3 Å². The molecule has 3 N–H and O–H groups in total. The second-order valence-electron chi connectivity index (χ2n) is 6.63. The van der Waals surface area contributed by atoms with Gasteiger partial charge < -0.3 is 4.98 Å². The van der Waals surface area contributed by atoms with E-state index in [9.17, 15) is 13.2 Å². The van der Waals surface area contributed by atoms with Crippen LogP contribution in [0.1, 0.15) is 15.9 Å². The lowest BCUT2D eigenvalue weighted by Crippen LogP contribution is -2.19. The van der Waals surface area contributed by atoms with Gasteiger partial charge in [0.05, 0.1) is 11.1 Å². The SMILES string of the molecule is O=C(N/N=C/c1c[nH]c2ccccc12)c1cccc(S(=O)(=O)Nc2ccc(Cl)cc2)c1. The molecular formula is C22H17ClN4O3S. The molecule has 0 spiro atoms. The maximum atomic E-state index is 12.6. The Hall–Kier alpha value is -3.62. The Kier molecular flexibility index (Phi) is 5.75. The number of aromatic amines is 1. The lowest BCUT2D eigenvalue weighted by molar-refractivity contribution is 0.0955. The number of hydrogen-bond acceptors (Lipinski definition) is 4. The first-order chi connectivity index (χ1) is 14.9. The molecular weight excluding hydrogens is 436 g/mol. The van der Waals surface area contributed by atoms with E-state index >= 15 is 0 Å². The second-order valence-corrected chi connectivity index (χ2v) is 8.75. The number of nitrogens with one attached hydrogen (secondary N) is 3. The number of amides is 1. The summed E-state index contributed by atoms with van der Waals surface area (Å²) in [6.45, 7) is 0. The summed E-state index contributed by atoms with van der Waals surface area (Å²) in [4.78, 5) is 15.5. The van der Waals surface area contributed by atoms with E-state index in [4.69, 9.17) is 11.6 Å². The van der Waals surface area contributed by atoms with Gasteiger partial charge in [0.2, 0.25) is 0 Å². The van der Waals surface area contributed by atoms with Crippen LogP contribution in [0.15, 0.2) is 89.0 Å². The minimum absolute atomic E-state index is 0.0456. The summed E-state index contributed by atoms with van der Waals surface area (Å²) >= 11 is 5.82. The Bertz CT molecular complexity index is 1380. The lowest BCUT2D eigenvalue weighted by Gasteiger charge is -2.09. The fourth-order valence-corrected chi connectivity index (χ4v) is 4.19. The van der Waals surface area contributed by atoms with Gasteiger partial charge in [0.25, 0.3) is 15.9 Å². The first-order valence-electron chi connectivity index (χ1n) is 9.20. The zero-order valence-corrected chi connectivity index (χ0v) is 17.6. The van der Waals surface area contributed by atoms with Crippen molar-refractivity contribution in [3.63, 3.8) is 0 Å². The minimum Gasteiger partial charge on any atom is -0.361 e. The Labute approximate surface area is 183 Å². The summed E-state index contributed by atoms with van der Waals surface area (Å²) in [5.41, 5.74) is 4.73. The summed E-state index contributed by atoms with van der Waals surface area (Å²) in [6.07, 6.45) is 3.31. The van der Waals surface area contributed by atoms with Gasteiger partial charge in [0, 0.05) is 38.9 Å². The topological polar surface area (TPSA) is 103 Å². The fraction of sp³-hybridized carbons (Fsp3) is 0. The highest BCUT2D eigenvalue weighted by Crippen LogP contribution is 2.19.